The summed E-state index contributed by atoms with van der Waals surface area (Å²) in [6, 6.07) is 14.7. The Morgan fingerprint density at radius 3 is 2.43 bits per heavy atom. The van der Waals surface area contributed by atoms with Gasteiger partial charge >= 0.3 is 0 Å². The SMILES string of the molecule is CC[C@@H](C)NC(=O)c1cc(-c2ccc([N+](=O)[O-])cc2)nn1-c1ccc(Cl)cc1. The van der Waals surface area contributed by atoms with E-state index in [1.807, 2.05) is 13.8 Å². The lowest BCUT2D eigenvalue weighted by molar-refractivity contribution is -0.384. The van der Waals surface area contributed by atoms with Crippen molar-refractivity contribution < 1.29 is 9.72 Å². The van der Waals surface area contributed by atoms with Gasteiger partial charge in [0.15, 0.2) is 0 Å². The normalized spacial score (nSPS) is 11.8. The average Bonchev–Trinajstić information content (AvgIpc) is 3.14. The fraction of sp³-hybridized carbons (Fsp3) is 0.200. The molecule has 3 aromatic rings. The molecule has 0 bridgehead atoms. The van der Waals surface area contributed by atoms with Gasteiger partial charge in [0.2, 0.25) is 0 Å². The van der Waals surface area contributed by atoms with Crippen molar-refractivity contribution >= 4 is 23.2 Å². The van der Waals surface area contributed by atoms with Gasteiger partial charge in [-0.05, 0) is 55.8 Å². The van der Waals surface area contributed by atoms with Crippen molar-refractivity contribution in [3.63, 3.8) is 0 Å². The van der Waals surface area contributed by atoms with Gasteiger partial charge in [0.05, 0.1) is 16.3 Å². The molecule has 7 nitrogen and oxygen atoms in total. The molecule has 144 valence electrons. The summed E-state index contributed by atoms with van der Waals surface area (Å²) < 4.78 is 1.55. The third kappa shape index (κ3) is 4.20. The molecule has 1 atom stereocenters. The molecule has 1 heterocycles. The molecule has 8 heteroatoms. The van der Waals surface area contributed by atoms with Gasteiger partial charge in [-0.25, -0.2) is 4.68 Å². The number of aromatic nitrogens is 2. The number of halogens is 1. The molecule has 28 heavy (non-hydrogen) atoms. The van der Waals surface area contributed by atoms with Crippen molar-refractivity contribution in [3.8, 4) is 16.9 Å². The molecular formula is C20H19ClN4O3. The fourth-order valence-corrected chi connectivity index (χ4v) is 2.74. The molecule has 1 N–H and O–H groups in total. The number of amides is 1. The Morgan fingerprint density at radius 2 is 1.86 bits per heavy atom. The summed E-state index contributed by atoms with van der Waals surface area (Å²) in [6.07, 6.45) is 0.802. The highest BCUT2D eigenvalue weighted by Gasteiger charge is 2.19. The summed E-state index contributed by atoms with van der Waals surface area (Å²) in [5, 5.41) is 18.9. The van der Waals surface area contributed by atoms with E-state index in [9.17, 15) is 14.9 Å². The second-order valence-electron chi connectivity index (χ2n) is 6.39. The largest absolute Gasteiger partial charge is 0.348 e. The van der Waals surface area contributed by atoms with E-state index in [0.717, 1.165) is 6.42 Å². The molecule has 1 aromatic heterocycles. The van der Waals surface area contributed by atoms with E-state index in [-0.39, 0.29) is 17.6 Å². The van der Waals surface area contributed by atoms with Crippen molar-refractivity contribution in [1.29, 1.82) is 0 Å². The smallest absolute Gasteiger partial charge is 0.270 e. The number of non-ortho nitro benzene ring substituents is 1. The average molecular weight is 399 g/mol. The van der Waals surface area contributed by atoms with Crippen molar-refractivity contribution in [2.75, 3.05) is 0 Å². The van der Waals surface area contributed by atoms with Crippen LogP contribution in [0.15, 0.2) is 54.6 Å². The lowest BCUT2D eigenvalue weighted by Gasteiger charge is -2.12. The predicted octanol–water partition coefficient (Wildman–Crippen LogP) is 4.63. The number of benzene rings is 2. The second-order valence-corrected chi connectivity index (χ2v) is 6.83. The maximum Gasteiger partial charge on any atom is 0.270 e. The van der Waals surface area contributed by atoms with Crippen LogP contribution in [0.4, 0.5) is 5.69 Å². The summed E-state index contributed by atoms with van der Waals surface area (Å²) in [5.74, 6) is -0.245. The van der Waals surface area contributed by atoms with Gasteiger partial charge in [0.25, 0.3) is 11.6 Å². The zero-order chi connectivity index (χ0) is 20.3. The molecule has 2 aromatic carbocycles. The predicted molar refractivity (Wildman–Crippen MR) is 108 cm³/mol. The quantitative estimate of drug-likeness (QED) is 0.484. The van der Waals surface area contributed by atoms with Gasteiger partial charge in [-0.3, -0.25) is 14.9 Å². The Labute approximate surface area is 167 Å². The van der Waals surface area contributed by atoms with Crippen molar-refractivity contribution in [2.45, 2.75) is 26.3 Å². The number of hydrogen-bond donors (Lipinski definition) is 1. The number of rotatable bonds is 6. The van der Waals surface area contributed by atoms with Crippen LogP contribution in [0.2, 0.25) is 5.02 Å². The minimum Gasteiger partial charge on any atom is -0.348 e. The number of nitro benzene ring substituents is 1. The molecule has 0 saturated heterocycles. The molecule has 0 radical (unpaired) electrons. The molecular weight excluding hydrogens is 380 g/mol. The lowest BCUT2D eigenvalue weighted by Crippen LogP contribution is -2.33. The third-order valence-electron chi connectivity index (χ3n) is 4.38. The van der Waals surface area contributed by atoms with E-state index in [4.69, 9.17) is 11.6 Å². The molecule has 0 unspecified atom stereocenters. The Bertz CT molecular complexity index is 997. The van der Waals surface area contributed by atoms with Crippen LogP contribution in [0.3, 0.4) is 0 Å². The Morgan fingerprint density at radius 1 is 1.21 bits per heavy atom. The summed E-state index contributed by atoms with van der Waals surface area (Å²) in [6.45, 7) is 3.92. The van der Waals surface area contributed by atoms with Gasteiger partial charge in [-0.2, -0.15) is 5.10 Å². The minimum absolute atomic E-state index is 0.00405. The number of hydrogen-bond acceptors (Lipinski definition) is 4. The van der Waals surface area contributed by atoms with Gasteiger partial charge in [-0.1, -0.05) is 18.5 Å². The lowest BCUT2D eigenvalue weighted by atomic mass is 10.1. The maximum atomic E-state index is 12.8. The first kappa shape index (κ1) is 19.6. The van der Waals surface area contributed by atoms with Crippen LogP contribution in [-0.4, -0.2) is 26.7 Å². The van der Waals surface area contributed by atoms with Gasteiger partial charge in [-0.15, -0.1) is 0 Å². The molecule has 1 amide bonds. The number of nitro groups is 1. The summed E-state index contributed by atoms with van der Waals surface area (Å²) in [7, 11) is 0. The van der Waals surface area contributed by atoms with Crippen LogP contribution in [-0.2, 0) is 0 Å². The zero-order valence-corrected chi connectivity index (χ0v) is 16.2. The van der Waals surface area contributed by atoms with Crippen LogP contribution in [0.5, 0.6) is 0 Å². The number of carbonyl (C=O) groups excluding carboxylic acids is 1. The van der Waals surface area contributed by atoms with Crippen molar-refractivity contribution in [2.24, 2.45) is 0 Å². The molecule has 0 aliphatic rings. The van der Waals surface area contributed by atoms with Crippen molar-refractivity contribution in [3.05, 3.63) is 75.4 Å². The highest BCUT2D eigenvalue weighted by molar-refractivity contribution is 6.30. The van der Waals surface area contributed by atoms with Crippen LogP contribution in [0, 0.1) is 10.1 Å². The first-order valence-electron chi connectivity index (χ1n) is 8.80. The molecule has 3 rings (SSSR count). The van der Waals surface area contributed by atoms with E-state index in [1.165, 1.54) is 12.1 Å². The summed E-state index contributed by atoms with van der Waals surface area (Å²) >= 11 is 5.97. The molecule has 0 aliphatic heterocycles. The van der Waals surface area contributed by atoms with Crippen LogP contribution < -0.4 is 5.32 Å². The van der Waals surface area contributed by atoms with Gasteiger partial charge in [0, 0.05) is 28.8 Å². The van der Waals surface area contributed by atoms with Crippen LogP contribution >= 0.6 is 11.6 Å². The molecule has 0 spiro atoms. The van der Waals surface area contributed by atoms with Crippen molar-refractivity contribution in [1.82, 2.24) is 15.1 Å². The topological polar surface area (TPSA) is 90.1 Å². The third-order valence-corrected chi connectivity index (χ3v) is 4.63. The van der Waals surface area contributed by atoms with E-state index in [1.54, 1.807) is 47.1 Å². The van der Waals surface area contributed by atoms with E-state index < -0.39 is 4.92 Å². The number of nitrogens with zero attached hydrogens (tertiary/aromatic N) is 3. The standard InChI is InChI=1S/C20H19ClN4O3/c1-3-13(2)22-20(26)19-12-18(14-4-8-17(9-5-14)25(27)28)23-24(19)16-10-6-15(21)7-11-16/h4-13H,3H2,1-2H3,(H,22,26)/t13-/m1/s1. The van der Waals surface area contributed by atoms with Gasteiger partial charge in [0.1, 0.15) is 5.69 Å². The summed E-state index contributed by atoms with van der Waals surface area (Å²) in [5.41, 5.74) is 2.27. The molecule has 0 fully saturated rings. The summed E-state index contributed by atoms with van der Waals surface area (Å²) in [4.78, 5) is 23.2. The Balaban J connectivity index is 2.05. The number of carbonyl (C=O) groups is 1. The minimum atomic E-state index is -0.457. The van der Waals surface area contributed by atoms with E-state index in [2.05, 4.69) is 10.4 Å². The highest BCUT2D eigenvalue weighted by atomic mass is 35.5. The second kappa shape index (κ2) is 8.22. The molecule has 0 aliphatic carbocycles. The van der Waals surface area contributed by atoms with Crippen LogP contribution in [0.25, 0.3) is 16.9 Å². The first-order chi connectivity index (χ1) is 13.4. The monoisotopic (exact) mass is 398 g/mol. The van der Waals surface area contributed by atoms with E-state index >= 15 is 0 Å². The Hall–Kier alpha value is -3.19. The van der Waals surface area contributed by atoms with E-state index in [0.29, 0.717) is 27.7 Å². The maximum absolute atomic E-state index is 12.8. The molecule has 0 saturated carbocycles. The fourth-order valence-electron chi connectivity index (χ4n) is 2.62. The van der Waals surface area contributed by atoms with Gasteiger partial charge < -0.3 is 5.32 Å². The van der Waals surface area contributed by atoms with Crippen LogP contribution in [0.1, 0.15) is 30.8 Å². The number of nitrogens with one attached hydrogen (secondary N) is 1. The zero-order valence-electron chi connectivity index (χ0n) is 15.4. The Kier molecular flexibility index (Phi) is 5.75. The first-order valence-corrected chi connectivity index (χ1v) is 9.18. The highest BCUT2D eigenvalue weighted by Crippen LogP contribution is 2.24.